The zero-order valence-electron chi connectivity index (χ0n) is 14.5. The Balaban J connectivity index is 2.02. The van der Waals surface area contributed by atoms with Gasteiger partial charge in [0.15, 0.2) is 0 Å². The van der Waals surface area contributed by atoms with Gasteiger partial charge in [0, 0.05) is 22.4 Å². The molecule has 2 N–H and O–H groups in total. The molecule has 2 heterocycles. The SMILES string of the molecule is Cc1ccc(Cc2sc3nc(C)ccc3c2C(=O)NOCCO)c(F)c1. The van der Waals surface area contributed by atoms with Crippen LogP contribution < -0.4 is 5.48 Å². The Morgan fingerprint density at radius 3 is 2.85 bits per heavy atom. The van der Waals surface area contributed by atoms with E-state index in [9.17, 15) is 9.18 Å². The molecule has 0 radical (unpaired) electrons. The van der Waals surface area contributed by atoms with Gasteiger partial charge in [-0.1, -0.05) is 12.1 Å². The molecule has 0 aliphatic carbocycles. The molecule has 0 atom stereocenters. The number of hydroxylamine groups is 1. The molecule has 0 saturated carbocycles. The van der Waals surface area contributed by atoms with E-state index in [1.807, 2.05) is 32.0 Å². The number of carbonyl (C=O) groups excluding carboxylic acids is 1. The van der Waals surface area contributed by atoms with Gasteiger partial charge in [0.1, 0.15) is 10.6 Å². The minimum Gasteiger partial charge on any atom is -0.394 e. The smallest absolute Gasteiger partial charge is 0.276 e. The van der Waals surface area contributed by atoms with Crippen LogP contribution in [-0.4, -0.2) is 29.2 Å². The summed E-state index contributed by atoms with van der Waals surface area (Å²) in [6.07, 6.45) is 0.287. The van der Waals surface area contributed by atoms with E-state index >= 15 is 0 Å². The van der Waals surface area contributed by atoms with Crippen LogP contribution in [-0.2, 0) is 11.3 Å². The monoisotopic (exact) mass is 374 g/mol. The fourth-order valence-corrected chi connectivity index (χ4v) is 3.91. The summed E-state index contributed by atoms with van der Waals surface area (Å²) >= 11 is 1.37. The van der Waals surface area contributed by atoms with Gasteiger partial charge in [0.25, 0.3) is 5.91 Å². The van der Waals surface area contributed by atoms with E-state index < -0.39 is 5.91 Å². The first-order valence-corrected chi connectivity index (χ1v) is 8.98. The molecule has 1 aromatic carbocycles. The number of nitrogens with zero attached hydrogens (tertiary/aromatic N) is 1. The van der Waals surface area contributed by atoms with Gasteiger partial charge in [0.05, 0.1) is 18.8 Å². The molecule has 0 unspecified atom stereocenters. The fraction of sp³-hybridized carbons (Fsp3) is 0.263. The summed E-state index contributed by atoms with van der Waals surface area (Å²) in [5.41, 5.74) is 4.96. The molecule has 136 valence electrons. The summed E-state index contributed by atoms with van der Waals surface area (Å²) in [6.45, 7) is 3.50. The summed E-state index contributed by atoms with van der Waals surface area (Å²) in [5, 5.41) is 9.49. The van der Waals surface area contributed by atoms with Gasteiger partial charge in [-0.15, -0.1) is 11.3 Å². The van der Waals surface area contributed by atoms with Crippen LogP contribution in [0.15, 0.2) is 30.3 Å². The molecule has 7 heteroatoms. The zero-order valence-corrected chi connectivity index (χ0v) is 15.3. The standard InChI is InChI=1S/C19H19FN2O3S/c1-11-3-5-13(15(20)9-11)10-16-17(18(24)22-25-8-7-23)14-6-4-12(2)21-19(14)26-16/h3-6,9,23H,7-8,10H2,1-2H3,(H,22,24). The number of carbonyl (C=O) groups is 1. The number of benzene rings is 1. The Hall–Kier alpha value is -2.35. The minimum atomic E-state index is -0.433. The molecule has 0 spiro atoms. The van der Waals surface area contributed by atoms with Crippen molar-refractivity contribution in [1.29, 1.82) is 0 Å². The first kappa shape index (κ1) is 18.4. The maximum absolute atomic E-state index is 14.3. The van der Waals surface area contributed by atoms with Crippen LogP contribution in [0.5, 0.6) is 0 Å². The van der Waals surface area contributed by atoms with Crippen molar-refractivity contribution in [2.45, 2.75) is 20.3 Å². The van der Waals surface area contributed by atoms with Crippen molar-refractivity contribution in [3.05, 3.63) is 63.4 Å². The van der Waals surface area contributed by atoms with Gasteiger partial charge in [-0.05, 0) is 43.2 Å². The summed E-state index contributed by atoms with van der Waals surface area (Å²) in [6, 6.07) is 8.73. The van der Waals surface area contributed by atoms with Crippen molar-refractivity contribution >= 4 is 27.5 Å². The Bertz CT molecular complexity index is 955. The van der Waals surface area contributed by atoms with Crippen LogP contribution in [0.3, 0.4) is 0 Å². The van der Waals surface area contributed by atoms with Crippen molar-refractivity contribution in [1.82, 2.24) is 10.5 Å². The predicted molar refractivity (Wildman–Crippen MR) is 98.8 cm³/mol. The minimum absolute atomic E-state index is 0.00685. The molecular formula is C19H19FN2O3S. The fourth-order valence-electron chi connectivity index (χ4n) is 2.67. The normalized spacial score (nSPS) is 11.1. The number of amides is 1. The van der Waals surface area contributed by atoms with Crippen LogP contribution in [0.4, 0.5) is 4.39 Å². The van der Waals surface area contributed by atoms with E-state index in [4.69, 9.17) is 9.94 Å². The van der Waals surface area contributed by atoms with E-state index in [0.29, 0.717) is 21.4 Å². The average Bonchev–Trinajstić information content (AvgIpc) is 2.94. The number of rotatable bonds is 6. The van der Waals surface area contributed by atoms with Gasteiger partial charge >= 0.3 is 0 Å². The number of aliphatic hydroxyl groups is 1. The molecule has 0 bridgehead atoms. The number of nitrogens with one attached hydrogen (secondary N) is 1. The largest absolute Gasteiger partial charge is 0.394 e. The van der Waals surface area contributed by atoms with Gasteiger partial charge < -0.3 is 5.11 Å². The number of fused-ring (bicyclic) bond motifs is 1. The maximum Gasteiger partial charge on any atom is 0.276 e. The molecule has 0 aliphatic rings. The first-order valence-electron chi connectivity index (χ1n) is 8.16. The van der Waals surface area contributed by atoms with E-state index in [2.05, 4.69) is 10.5 Å². The average molecular weight is 374 g/mol. The summed E-state index contributed by atoms with van der Waals surface area (Å²) in [5.74, 6) is -0.729. The molecule has 0 saturated heterocycles. The third-order valence-corrected chi connectivity index (χ3v) is 5.01. The third-order valence-electron chi connectivity index (χ3n) is 3.91. The summed E-state index contributed by atoms with van der Waals surface area (Å²) in [4.78, 5) is 23.5. The maximum atomic E-state index is 14.3. The third kappa shape index (κ3) is 3.90. The Kier molecular flexibility index (Phi) is 5.61. The zero-order chi connectivity index (χ0) is 18.7. The van der Waals surface area contributed by atoms with Gasteiger partial charge in [-0.25, -0.2) is 14.9 Å². The van der Waals surface area contributed by atoms with E-state index in [-0.39, 0.29) is 25.5 Å². The molecule has 26 heavy (non-hydrogen) atoms. The molecular weight excluding hydrogens is 355 g/mol. The number of halogens is 1. The lowest BCUT2D eigenvalue weighted by atomic mass is 10.0. The lowest BCUT2D eigenvalue weighted by Crippen LogP contribution is -2.25. The number of pyridine rings is 1. The molecule has 3 rings (SSSR count). The summed E-state index contributed by atoms with van der Waals surface area (Å²) < 4.78 is 14.3. The van der Waals surface area contributed by atoms with Crippen LogP contribution in [0.25, 0.3) is 10.2 Å². The second-order valence-corrected chi connectivity index (χ2v) is 7.06. The number of aromatic nitrogens is 1. The van der Waals surface area contributed by atoms with E-state index in [1.165, 1.54) is 17.4 Å². The molecule has 1 amide bonds. The Morgan fingerprint density at radius 2 is 2.12 bits per heavy atom. The molecule has 5 nitrogen and oxygen atoms in total. The van der Waals surface area contributed by atoms with Crippen LogP contribution >= 0.6 is 11.3 Å². The Morgan fingerprint density at radius 1 is 1.31 bits per heavy atom. The van der Waals surface area contributed by atoms with Gasteiger partial charge in [-0.2, -0.15) is 0 Å². The highest BCUT2D eigenvalue weighted by Gasteiger charge is 2.21. The molecule has 2 aromatic heterocycles. The van der Waals surface area contributed by atoms with Crippen molar-refractivity contribution in [3.63, 3.8) is 0 Å². The van der Waals surface area contributed by atoms with Crippen molar-refractivity contribution < 1.29 is 19.1 Å². The molecule has 0 fully saturated rings. The highest BCUT2D eigenvalue weighted by Crippen LogP contribution is 2.32. The van der Waals surface area contributed by atoms with Crippen LogP contribution in [0.1, 0.15) is 32.1 Å². The van der Waals surface area contributed by atoms with Gasteiger partial charge in [-0.3, -0.25) is 9.63 Å². The van der Waals surface area contributed by atoms with E-state index in [0.717, 1.165) is 16.1 Å². The predicted octanol–water partition coefficient (Wildman–Crippen LogP) is 3.30. The number of hydrogen-bond donors (Lipinski definition) is 2. The van der Waals surface area contributed by atoms with Crippen molar-refractivity contribution in [2.24, 2.45) is 0 Å². The number of aliphatic hydroxyl groups excluding tert-OH is 1. The topological polar surface area (TPSA) is 71.5 Å². The second-order valence-electron chi connectivity index (χ2n) is 5.98. The van der Waals surface area contributed by atoms with Gasteiger partial charge in [0.2, 0.25) is 0 Å². The second kappa shape index (κ2) is 7.90. The summed E-state index contributed by atoms with van der Waals surface area (Å²) in [7, 11) is 0. The molecule has 3 aromatic rings. The number of aryl methyl sites for hydroxylation is 2. The quantitative estimate of drug-likeness (QED) is 0.513. The lowest BCUT2D eigenvalue weighted by molar-refractivity contribution is 0.0169. The van der Waals surface area contributed by atoms with E-state index in [1.54, 1.807) is 6.07 Å². The van der Waals surface area contributed by atoms with Crippen LogP contribution in [0, 0.1) is 19.7 Å². The Labute approximate surface area is 154 Å². The number of thiophene rings is 1. The highest BCUT2D eigenvalue weighted by atomic mass is 32.1. The highest BCUT2D eigenvalue weighted by molar-refractivity contribution is 7.19. The first-order chi connectivity index (χ1) is 12.5. The molecule has 0 aliphatic heterocycles. The lowest BCUT2D eigenvalue weighted by Gasteiger charge is -2.08. The number of hydrogen-bond acceptors (Lipinski definition) is 5. The van der Waals surface area contributed by atoms with Crippen LogP contribution in [0.2, 0.25) is 0 Å². The van der Waals surface area contributed by atoms with Crippen molar-refractivity contribution in [2.75, 3.05) is 13.2 Å². The van der Waals surface area contributed by atoms with Crippen molar-refractivity contribution in [3.8, 4) is 0 Å².